The van der Waals surface area contributed by atoms with Crippen molar-refractivity contribution in [3.8, 4) is 5.75 Å². The molecule has 1 amide bonds. The molecular weight excluding hydrogens is 438 g/mol. The number of halogens is 1. The zero-order chi connectivity index (χ0) is 20.2. The van der Waals surface area contributed by atoms with Gasteiger partial charge in [-0.2, -0.15) is 0 Å². The van der Waals surface area contributed by atoms with Crippen molar-refractivity contribution in [2.24, 2.45) is 0 Å². The lowest BCUT2D eigenvalue weighted by Gasteiger charge is -2.20. The van der Waals surface area contributed by atoms with Gasteiger partial charge in [-0.3, -0.25) is 15.4 Å². The van der Waals surface area contributed by atoms with Crippen molar-refractivity contribution in [2.75, 3.05) is 5.32 Å². The molecule has 0 aromatic heterocycles. The maximum atomic E-state index is 12.5. The number of carbonyl (C=O) groups excluding carboxylic acids is 1. The van der Waals surface area contributed by atoms with Gasteiger partial charge < -0.3 is 4.74 Å². The number of anilines is 1. The highest BCUT2D eigenvalue weighted by atomic mass is 79.9. The molecule has 0 saturated heterocycles. The van der Waals surface area contributed by atoms with Crippen LogP contribution in [0.2, 0.25) is 0 Å². The average molecular weight is 456 g/mol. The molecule has 8 nitrogen and oxygen atoms in total. The van der Waals surface area contributed by atoms with Crippen LogP contribution in [0.1, 0.15) is 20.8 Å². The Morgan fingerprint density at radius 2 is 1.81 bits per heavy atom. The van der Waals surface area contributed by atoms with Crippen LogP contribution < -0.4 is 14.8 Å². The summed E-state index contributed by atoms with van der Waals surface area (Å²) in [5.41, 5.74) is -0.0684. The zero-order valence-corrected chi connectivity index (χ0v) is 17.2. The van der Waals surface area contributed by atoms with Gasteiger partial charge in [0, 0.05) is 27.8 Å². The van der Waals surface area contributed by atoms with Gasteiger partial charge in [0.15, 0.2) is 0 Å². The molecule has 2 aromatic rings. The first-order valence-corrected chi connectivity index (χ1v) is 9.72. The second-order valence-electron chi connectivity index (χ2n) is 6.53. The van der Waals surface area contributed by atoms with Gasteiger partial charge in [0.05, 0.1) is 9.82 Å². The third-order valence-corrected chi connectivity index (χ3v) is 5.52. The molecule has 0 aliphatic rings. The number of amides is 1. The van der Waals surface area contributed by atoms with Crippen LogP contribution in [0.25, 0.3) is 0 Å². The summed E-state index contributed by atoms with van der Waals surface area (Å²) >= 11 is 3.34. The number of rotatable bonds is 5. The molecule has 0 spiro atoms. The summed E-state index contributed by atoms with van der Waals surface area (Å²) in [7, 11) is -1.49. The molecule has 0 aliphatic heterocycles. The van der Waals surface area contributed by atoms with Crippen molar-refractivity contribution in [3.63, 3.8) is 0 Å². The summed E-state index contributed by atoms with van der Waals surface area (Å²) in [4.78, 5) is 22.6. The molecule has 0 aliphatic carbocycles. The number of carbonyl (C=O) groups is 1. The lowest BCUT2D eigenvalue weighted by molar-refractivity contribution is -0.384. The fourth-order valence-corrected chi connectivity index (χ4v) is 3.78. The number of hydrogen-bond donors (Lipinski definition) is 2. The number of nitro groups is 1. The number of hydrogen-bond acceptors (Lipinski definition) is 5. The first kappa shape index (κ1) is 21.0. The van der Waals surface area contributed by atoms with Crippen molar-refractivity contribution in [1.29, 1.82) is 0 Å². The molecule has 27 heavy (non-hydrogen) atoms. The Labute approximate surface area is 167 Å². The molecule has 2 N–H and O–H groups in total. The van der Waals surface area contributed by atoms with Crippen LogP contribution in [0.5, 0.6) is 5.75 Å². The van der Waals surface area contributed by atoms with E-state index < -0.39 is 22.0 Å². The number of nitrogens with one attached hydrogen (secondary N) is 2. The van der Waals surface area contributed by atoms with Crippen molar-refractivity contribution in [3.05, 3.63) is 57.1 Å². The maximum absolute atomic E-state index is 12.5. The van der Waals surface area contributed by atoms with E-state index >= 15 is 0 Å². The number of non-ortho nitro benzene ring substituents is 1. The van der Waals surface area contributed by atoms with Crippen molar-refractivity contribution in [1.82, 2.24) is 4.72 Å². The van der Waals surface area contributed by atoms with Gasteiger partial charge in [0.1, 0.15) is 16.7 Å². The van der Waals surface area contributed by atoms with Crippen LogP contribution in [0.4, 0.5) is 16.2 Å². The molecule has 0 radical (unpaired) electrons. The first-order valence-electron chi connectivity index (χ1n) is 7.77. The van der Waals surface area contributed by atoms with Crippen LogP contribution in [0.15, 0.2) is 51.8 Å². The number of ether oxygens (including phenoxy) is 1. The topological polar surface area (TPSA) is 111 Å². The summed E-state index contributed by atoms with van der Waals surface area (Å²) in [5.74, 6) is 0.161. The van der Waals surface area contributed by atoms with Gasteiger partial charge in [-0.25, -0.2) is 13.7 Å². The lowest BCUT2D eigenvalue weighted by atomic mass is 10.1. The van der Waals surface area contributed by atoms with Crippen LogP contribution in [0, 0.1) is 10.1 Å². The smallest absolute Gasteiger partial charge is 0.410 e. The summed E-state index contributed by atoms with van der Waals surface area (Å²) < 4.78 is 21.1. The molecule has 0 fully saturated rings. The molecule has 1 unspecified atom stereocenters. The molecule has 0 bridgehead atoms. The van der Waals surface area contributed by atoms with E-state index in [0.29, 0.717) is 15.1 Å². The van der Waals surface area contributed by atoms with E-state index in [0.717, 1.165) is 0 Å². The van der Waals surface area contributed by atoms with Crippen molar-refractivity contribution >= 4 is 44.4 Å². The highest BCUT2D eigenvalue weighted by molar-refractivity contribution is 9.10. The average Bonchev–Trinajstić information content (AvgIpc) is 2.55. The largest absolute Gasteiger partial charge is 0.417 e. The minimum Gasteiger partial charge on any atom is -0.410 e. The summed E-state index contributed by atoms with van der Waals surface area (Å²) in [6.45, 7) is 5.67. The predicted octanol–water partition coefficient (Wildman–Crippen LogP) is 4.38. The van der Waals surface area contributed by atoms with E-state index in [-0.39, 0.29) is 17.0 Å². The summed E-state index contributed by atoms with van der Waals surface area (Å²) in [6.07, 6.45) is -0.772. The van der Waals surface area contributed by atoms with Gasteiger partial charge in [0.2, 0.25) is 0 Å². The van der Waals surface area contributed by atoms with Gasteiger partial charge in [-0.05, 0) is 67.0 Å². The Kier molecular flexibility index (Phi) is 6.68. The van der Waals surface area contributed by atoms with E-state index in [1.54, 1.807) is 18.2 Å². The van der Waals surface area contributed by atoms with Gasteiger partial charge in [-0.15, -0.1) is 0 Å². The van der Waals surface area contributed by atoms with Crippen LogP contribution in [0.3, 0.4) is 0 Å². The quantitative estimate of drug-likeness (QED) is 0.513. The molecule has 10 heteroatoms. The lowest BCUT2D eigenvalue weighted by Crippen LogP contribution is -2.37. The third-order valence-electron chi connectivity index (χ3n) is 3.03. The second kappa shape index (κ2) is 8.59. The molecule has 0 saturated carbocycles. The van der Waals surface area contributed by atoms with E-state index in [9.17, 15) is 19.1 Å². The molecule has 2 rings (SSSR count). The second-order valence-corrected chi connectivity index (χ2v) is 8.57. The molecular formula is C17H18BrN3O5S. The Bertz CT molecular complexity index is 881. The molecule has 144 valence electrons. The maximum Gasteiger partial charge on any atom is 0.417 e. The minimum atomic E-state index is -1.49. The van der Waals surface area contributed by atoms with E-state index in [1.165, 1.54) is 24.3 Å². The molecule has 2 aromatic carbocycles. The minimum absolute atomic E-state index is 0.103. The Balaban J connectivity index is 2.08. The SMILES string of the molecule is CC(C)(C)NS(=O)c1cc(NC(=O)Oc2ccc([N+](=O)[O-])cc2)ccc1Br. The van der Waals surface area contributed by atoms with Crippen molar-refractivity contribution in [2.45, 2.75) is 31.2 Å². The third kappa shape index (κ3) is 6.42. The van der Waals surface area contributed by atoms with Gasteiger partial charge >= 0.3 is 6.09 Å². The summed E-state index contributed by atoms with van der Waals surface area (Å²) in [6, 6.07) is 9.98. The van der Waals surface area contributed by atoms with Gasteiger partial charge in [-0.1, -0.05) is 0 Å². The summed E-state index contributed by atoms with van der Waals surface area (Å²) in [5, 5.41) is 13.2. The molecule has 0 heterocycles. The van der Waals surface area contributed by atoms with Crippen LogP contribution in [-0.4, -0.2) is 20.8 Å². The van der Waals surface area contributed by atoms with Crippen LogP contribution >= 0.6 is 15.9 Å². The fraction of sp³-hybridized carbons (Fsp3) is 0.235. The van der Waals surface area contributed by atoms with Crippen LogP contribution in [-0.2, 0) is 11.0 Å². The number of benzene rings is 2. The highest BCUT2D eigenvalue weighted by Crippen LogP contribution is 2.25. The van der Waals surface area contributed by atoms with E-state index in [1.807, 2.05) is 20.8 Å². The first-order chi connectivity index (χ1) is 12.5. The Morgan fingerprint density at radius 3 is 2.37 bits per heavy atom. The predicted molar refractivity (Wildman–Crippen MR) is 106 cm³/mol. The van der Waals surface area contributed by atoms with E-state index in [4.69, 9.17) is 4.74 Å². The molecule has 1 atom stereocenters. The standard InChI is InChI=1S/C17H18BrN3O5S/c1-17(2,3)20-27(25)15-10-11(4-9-14(15)18)19-16(22)26-13-7-5-12(6-8-13)21(23)24/h4-10,20H,1-3H3,(H,19,22). The highest BCUT2D eigenvalue weighted by Gasteiger charge is 2.18. The number of nitro benzene ring substituents is 1. The Morgan fingerprint density at radius 1 is 1.19 bits per heavy atom. The van der Waals surface area contributed by atoms with Gasteiger partial charge in [0.25, 0.3) is 5.69 Å². The zero-order valence-electron chi connectivity index (χ0n) is 14.8. The normalized spacial score (nSPS) is 12.3. The van der Waals surface area contributed by atoms with E-state index in [2.05, 4.69) is 26.0 Å². The number of nitrogens with zero attached hydrogens (tertiary/aromatic N) is 1. The fourth-order valence-electron chi connectivity index (χ4n) is 1.94. The Hall–Kier alpha value is -2.30. The monoisotopic (exact) mass is 455 g/mol. The van der Waals surface area contributed by atoms with Crippen molar-refractivity contribution < 1.29 is 18.7 Å².